The number of rotatable bonds is 5. The van der Waals surface area contributed by atoms with Gasteiger partial charge in [0.2, 0.25) is 0 Å². The lowest BCUT2D eigenvalue weighted by atomic mass is 9.90. The minimum Gasteiger partial charge on any atom is -0.380 e. The molecule has 2 aromatic heterocycles. The topological polar surface area (TPSA) is 100 Å². The van der Waals surface area contributed by atoms with E-state index in [1.54, 1.807) is 0 Å². The molecule has 8 nitrogen and oxygen atoms in total. The van der Waals surface area contributed by atoms with E-state index in [0.717, 1.165) is 21.9 Å². The first-order valence-electron chi connectivity index (χ1n) is 11.1. The van der Waals surface area contributed by atoms with Gasteiger partial charge in [0.05, 0.1) is 10.9 Å². The predicted octanol–water partition coefficient (Wildman–Crippen LogP) is 3.55. The van der Waals surface area contributed by atoms with Crippen molar-refractivity contribution < 1.29 is 36.2 Å². The molecule has 0 aliphatic carbocycles. The van der Waals surface area contributed by atoms with Gasteiger partial charge in [0, 0.05) is 45.1 Å². The molecule has 1 fully saturated rings. The molecule has 3 aromatic rings. The molecular formula is C23H21F6N5O3. The molecule has 0 unspecified atom stereocenters. The number of alkyl halides is 5. The van der Waals surface area contributed by atoms with E-state index in [0.29, 0.717) is 0 Å². The fourth-order valence-corrected chi connectivity index (χ4v) is 4.18. The molecule has 1 aliphatic heterocycles. The Labute approximate surface area is 205 Å². The molecule has 37 heavy (non-hydrogen) atoms. The Bertz CT molecular complexity index is 1400. The number of halogens is 6. The summed E-state index contributed by atoms with van der Waals surface area (Å²) in [6.07, 6.45) is -8.23. The number of fused-ring (bicyclic) bond motifs is 1. The highest BCUT2D eigenvalue weighted by Crippen LogP contribution is 2.38. The number of benzene rings is 1. The summed E-state index contributed by atoms with van der Waals surface area (Å²) in [7, 11) is 1.34. The minimum atomic E-state index is -4.85. The number of amides is 1. The third kappa shape index (κ3) is 4.84. The molecule has 4 rings (SSSR count). The van der Waals surface area contributed by atoms with Gasteiger partial charge >= 0.3 is 6.18 Å². The molecule has 1 saturated heterocycles. The number of nitrogens with one attached hydrogen (secondary N) is 1. The van der Waals surface area contributed by atoms with E-state index >= 15 is 0 Å². The van der Waals surface area contributed by atoms with E-state index in [9.17, 15) is 41.0 Å². The van der Waals surface area contributed by atoms with Crippen molar-refractivity contribution in [3.05, 3.63) is 63.5 Å². The molecule has 14 heteroatoms. The van der Waals surface area contributed by atoms with Crippen LogP contribution < -0.4 is 10.9 Å². The van der Waals surface area contributed by atoms with Gasteiger partial charge in [0.1, 0.15) is 29.2 Å². The van der Waals surface area contributed by atoms with Gasteiger partial charge in [-0.2, -0.15) is 13.2 Å². The lowest BCUT2D eigenvalue weighted by Crippen LogP contribution is -2.54. The molecule has 0 atom stereocenters. The molecule has 2 N–H and O–H groups in total. The van der Waals surface area contributed by atoms with E-state index in [-0.39, 0.29) is 34.5 Å². The smallest absolute Gasteiger partial charge is 0.380 e. The number of anilines is 1. The van der Waals surface area contributed by atoms with Crippen molar-refractivity contribution >= 4 is 22.8 Å². The van der Waals surface area contributed by atoms with Crippen LogP contribution >= 0.6 is 0 Å². The van der Waals surface area contributed by atoms with Crippen LogP contribution in [-0.2, 0) is 13.6 Å². The number of aliphatic hydroxyl groups is 1. The summed E-state index contributed by atoms with van der Waals surface area (Å²) in [6.45, 7) is -1.11. The number of carbonyl (C=O) groups is 1. The molecule has 0 bridgehead atoms. The molecule has 3 heterocycles. The van der Waals surface area contributed by atoms with Crippen LogP contribution in [0.4, 0.5) is 32.2 Å². The highest BCUT2D eigenvalue weighted by molar-refractivity contribution is 5.99. The van der Waals surface area contributed by atoms with Crippen LogP contribution in [0.2, 0.25) is 0 Å². The van der Waals surface area contributed by atoms with Gasteiger partial charge < -0.3 is 15.3 Å². The average Bonchev–Trinajstić information content (AvgIpc) is 2.84. The first-order valence-corrected chi connectivity index (χ1v) is 11.1. The van der Waals surface area contributed by atoms with E-state index in [2.05, 4.69) is 15.3 Å². The van der Waals surface area contributed by atoms with Crippen molar-refractivity contribution in [1.82, 2.24) is 19.4 Å². The number of nitrogens with zero attached hydrogens (tertiary/aromatic N) is 4. The van der Waals surface area contributed by atoms with Crippen LogP contribution in [0.15, 0.2) is 35.4 Å². The maximum atomic E-state index is 14.4. The molecule has 1 aliphatic rings. The Morgan fingerprint density at radius 1 is 1.22 bits per heavy atom. The molecule has 0 saturated carbocycles. The van der Waals surface area contributed by atoms with Crippen molar-refractivity contribution in [2.45, 2.75) is 37.6 Å². The van der Waals surface area contributed by atoms with Gasteiger partial charge in [-0.25, -0.2) is 23.1 Å². The van der Waals surface area contributed by atoms with Crippen LogP contribution in [0.25, 0.3) is 11.0 Å². The second-order valence-corrected chi connectivity index (χ2v) is 8.68. The fourth-order valence-electron chi connectivity index (χ4n) is 4.18. The van der Waals surface area contributed by atoms with Crippen LogP contribution in [-0.4, -0.2) is 55.3 Å². The highest BCUT2D eigenvalue weighted by Gasteiger charge is 2.55. The number of pyridine rings is 1. The monoisotopic (exact) mass is 529 g/mol. The zero-order chi connectivity index (χ0) is 27.1. The second-order valence-electron chi connectivity index (χ2n) is 8.68. The van der Waals surface area contributed by atoms with E-state index in [1.807, 2.05) is 0 Å². The van der Waals surface area contributed by atoms with Crippen molar-refractivity contribution in [2.75, 3.05) is 18.4 Å². The van der Waals surface area contributed by atoms with Crippen LogP contribution in [0.1, 0.15) is 40.8 Å². The number of aromatic nitrogens is 3. The molecule has 0 radical (unpaired) electrons. The van der Waals surface area contributed by atoms with Crippen LogP contribution in [0, 0.1) is 5.82 Å². The number of piperidine rings is 1. The quantitative estimate of drug-likeness (QED) is 0.491. The molecule has 1 aromatic carbocycles. The van der Waals surface area contributed by atoms with E-state index < -0.39 is 67.0 Å². The third-order valence-corrected chi connectivity index (χ3v) is 6.43. The fraction of sp³-hybridized carbons (Fsp3) is 0.391. The standard InChI is InChI=1S/C23H21F6N5O3/c1-33-19-14(18(31-11-32-19)30-10-12-3-2-4-13(16(12)24)17(25)26)9-15(20(33)35)21(36)34-7-5-22(37,6-8-34)23(27,28)29/h2-4,9,11,17,37H,5-8,10H2,1H3,(H,30,31,32). The zero-order valence-electron chi connectivity index (χ0n) is 19.3. The first-order chi connectivity index (χ1) is 17.3. The Kier molecular flexibility index (Phi) is 6.88. The average molecular weight is 529 g/mol. The van der Waals surface area contributed by atoms with Gasteiger partial charge in [-0.1, -0.05) is 18.2 Å². The zero-order valence-corrected chi connectivity index (χ0v) is 19.3. The van der Waals surface area contributed by atoms with Gasteiger partial charge in [0.15, 0.2) is 5.60 Å². The SMILES string of the molecule is Cn1c(=O)c(C(=O)N2CCC(O)(C(F)(F)F)CC2)cc2c(NCc3cccc(C(F)F)c3F)ncnc21. The summed E-state index contributed by atoms with van der Waals surface area (Å²) < 4.78 is 80.8. The maximum absolute atomic E-state index is 14.4. The summed E-state index contributed by atoms with van der Waals surface area (Å²) in [5.74, 6) is -1.85. The van der Waals surface area contributed by atoms with E-state index in [1.165, 1.54) is 25.2 Å². The summed E-state index contributed by atoms with van der Waals surface area (Å²) in [6, 6.07) is 4.73. The Morgan fingerprint density at radius 3 is 2.51 bits per heavy atom. The number of hydrogen-bond acceptors (Lipinski definition) is 6. The van der Waals surface area contributed by atoms with Crippen molar-refractivity contribution in [3.8, 4) is 0 Å². The highest BCUT2D eigenvalue weighted by atomic mass is 19.4. The summed E-state index contributed by atoms with van der Waals surface area (Å²) in [5.41, 5.74) is -4.77. The summed E-state index contributed by atoms with van der Waals surface area (Å²) in [4.78, 5) is 35.1. The summed E-state index contributed by atoms with van der Waals surface area (Å²) >= 11 is 0. The maximum Gasteiger partial charge on any atom is 0.417 e. The number of likely N-dealkylation sites (tertiary alicyclic amines) is 1. The van der Waals surface area contributed by atoms with Crippen LogP contribution in [0.3, 0.4) is 0 Å². The number of aryl methyl sites for hydroxylation is 1. The Morgan fingerprint density at radius 2 is 1.89 bits per heavy atom. The van der Waals surface area contributed by atoms with Crippen molar-refractivity contribution in [3.63, 3.8) is 0 Å². The van der Waals surface area contributed by atoms with Gasteiger partial charge in [-0.15, -0.1) is 0 Å². The predicted molar refractivity (Wildman–Crippen MR) is 120 cm³/mol. The Balaban J connectivity index is 1.64. The molecule has 198 valence electrons. The van der Waals surface area contributed by atoms with E-state index in [4.69, 9.17) is 0 Å². The molecular weight excluding hydrogens is 508 g/mol. The first kappa shape index (κ1) is 26.4. The van der Waals surface area contributed by atoms with Crippen molar-refractivity contribution in [2.24, 2.45) is 7.05 Å². The van der Waals surface area contributed by atoms with Gasteiger partial charge in [0.25, 0.3) is 17.9 Å². The minimum absolute atomic E-state index is 0.0709. The van der Waals surface area contributed by atoms with Gasteiger partial charge in [-0.05, 0) is 6.07 Å². The largest absolute Gasteiger partial charge is 0.417 e. The lowest BCUT2D eigenvalue weighted by Gasteiger charge is -2.39. The van der Waals surface area contributed by atoms with Gasteiger partial charge in [-0.3, -0.25) is 14.2 Å². The van der Waals surface area contributed by atoms with Crippen molar-refractivity contribution in [1.29, 1.82) is 0 Å². The molecule has 0 spiro atoms. The lowest BCUT2D eigenvalue weighted by molar-refractivity contribution is -0.271. The van der Waals surface area contributed by atoms with Crippen LogP contribution in [0.5, 0.6) is 0 Å². The second kappa shape index (κ2) is 9.65. The number of carbonyl (C=O) groups excluding carboxylic acids is 1. The number of hydrogen-bond donors (Lipinski definition) is 2. The normalized spacial score (nSPS) is 15.9. The Hall–Kier alpha value is -3.68. The third-order valence-electron chi connectivity index (χ3n) is 6.43. The molecule has 1 amide bonds. The summed E-state index contributed by atoms with van der Waals surface area (Å²) in [5, 5.41) is 12.8.